The molecule has 0 saturated carbocycles. The SMILES string of the molecule is Cc1nc(N2CCOCC2)[nH]c(=O)c1CCC(=O)N1CCCc2cc(F)ccc21. The predicted octanol–water partition coefficient (Wildman–Crippen LogP) is 1.97. The molecular formula is C21H25FN4O3. The molecule has 0 spiro atoms. The van der Waals surface area contributed by atoms with Gasteiger partial charge in [-0.15, -0.1) is 0 Å². The van der Waals surface area contributed by atoms with E-state index in [0.29, 0.717) is 56.5 Å². The van der Waals surface area contributed by atoms with Crippen LogP contribution in [-0.4, -0.2) is 48.7 Å². The lowest BCUT2D eigenvalue weighted by Crippen LogP contribution is -2.39. The molecule has 0 atom stereocenters. The lowest BCUT2D eigenvalue weighted by Gasteiger charge is -2.29. The fourth-order valence-electron chi connectivity index (χ4n) is 4.01. The van der Waals surface area contributed by atoms with Crippen molar-refractivity contribution in [3.8, 4) is 0 Å². The summed E-state index contributed by atoms with van der Waals surface area (Å²) in [4.78, 5) is 36.5. The van der Waals surface area contributed by atoms with Crippen LogP contribution in [0.3, 0.4) is 0 Å². The Morgan fingerprint density at radius 2 is 2.07 bits per heavy atom. The standard InChI is InChI=1S/C21H25FN4O3/c1-14-17(20(28)24-21(23-14)25-9-11-29-12-10-25)5-7-19(27)26-8-2-3-15-13-16(22)4-6-18(15)26/h4,6,13H,2-3,5,7-12H2,1H3,(H,23,24,28). The third kappa shape index (κ3) is 4.17. The largest absolute Gasteiger partial charge is 0.378 e. The van der Waals surface area contributed by atoms with Crippen LogP contribution in [0.4, 0.5) is 16.0 Å². The van der Waals surface area contributed by atoms with Gasteiger partial charge in [-0.2, -0.15) is 0 Å². The number of hydrogen-bond acceptors (Lipinski definition) is 5. The molecule has 154 valence electrons. The molecule has 29 heavy (non-hydrogen) atoms. The second-order valence-electron chi connectivity index (χ2n) is 7.47. The summed E-state index contributed by atoms with van der Waals surface area (Å²) in [5.74, 6) is 0.207. The molecule has 2 aliphatic heterocycles. The van der Waals surface area contributed by atoms with Crippen molar-refractivity contribution in [1.82, 2.24) is 9.97 Å². The molecule has 4 rings (SSSR count). The van der Waals surface area contributed by atoms with Gasteiger partial charge in [-0.05, 0) is 49.9 Å². The van der Waals surface area contributed by atoms with E-state index in [1.54, 1.807) is 17.9 Å². The van der Waals surface area contributed by atoms with E-state index in [-0.39, 0.29) is 23.7 Å². The number of rotatable bonds is 4. The average Bonchev–Trinajstić information content (AvgIpc) is 2.72. The summed E-state index contributed by atoms with van der Waals surface area (Å²) in [6.07, 6.45) is 2.10. The van der Waals surface area contributed by atoms with Gasteiger partial charge in [-0.3, -0.25) is 14.6 Å². The molecule has 0 radical (unpaired) electrons. The number of carbonyl (C=O) groups is 1. The van der Waals surface area contributed by atoms with E-state index in [1.807, 2.05) is 4.90 Å². The smallest absolute Gasteiger partial charge is 0.255 e. The summed E-state index contributed by atoms with van der Waals surface area (Å²) in [6, 6.07) is 4.55. The van der Waals surface area contributed by atoms with E-state index >= 15 is 0 Å². The molecule has 0 bridgehead atoms. The van der Waals surface area contributed by atoms with Crippen LogP contribution in [0.1, 0.15) is 29.7 Å². The zero-order valence-corrected chi connectivity index (χ0v) is 16.5. The van der Waals surface area contributed by atoms with Crippen molar-refractivity contribution in [3.05, 3.63) is 51.2 Å². The number of carbonyl (C=O) groups excluding carboxylic acids is 1. The van der Waals surface area contributed by atoms with Crippen LogP contribution < -0.4 is 15.4 Å². The Morgan fingerprint density at radius 3 is 2.83 bits per heavy atom. The van der Waals surface area contributed by atoms with Crippen molar-refractivity contribution >= 4 is 17.5 Å². The average molecular weight is 400 g/mol. The van der Waals surface area contributed by atoms with E-state index in [9.17, 15) is 14.0 Å². The van der Waals surface area contributed by atoms with Crippen LogP contribution in [-0.2, 0) is 22.4 Å². The molecule has 8 heteroatoms. The summed E-state index contributed by atoms with van der Waals surface area (Å²) in [7, 11) is 0. The first-order valence-corrected chi connectivity index (χ1v) is 10.0. The highest BCUT2D eigenvalue weighted by molar-refractivity contribution is 5.94. The minimum Gasteiger partial charge on any atom is -0.378 e. The molecule has 2 aliphatic rings. The molecule has 1 aromatic heterocycles. The first kappa shape index (κ1) is 19.6. The van der Waals surface area contributed by atoms with Gasteiger partial charge in [0.25, 0.3) is 5.56 Å². The maximum atomic E-state index is 13.5. The minimum absolute atomic E-state index is 0.0615. The maximum Gasteiger partial charge on any atom is 0.255 e. The number of anilines is 2. The van der Waals surface area contributed by atoms with Gasteiger partial charge in [0, 0.05) is 43.0 Å². The van der Waals surface area contributed by atoms with Crippen molar-refractivity contribution in [2.24, 2.45) is 0 Å². The summed E-state index contributed by atoms with van der Waals surface area (Å²) < 4.78 is 18.8. The highest BCUT2D eigenvalue weighted by Crippen LogP contribution is 2.28. The van der Waals surface area contributed by atoms with Crippen molar-refractivity contribution in [2.45, 2.75) is 32.6 Å². The van der Waals surface area contributed by atoms with Crippen LogP contribution in [0.15, 0.2) is 23.0 Å². The molecule has 1 amide bonds. The Hall–Kier alpha value is -2.74. The zero-order chi connectivity index (χ0) is 20.4. The van der Waals surface area contributed by atoms with Crippen LogP contribution >= 0.6 is 0 Å². The van der Waals surface area contributed by atoms with Crippen LogP contribution in [0.5, 0.6) is 0 Å². The summed E-state index contributed by atoms with van der Waals surface area (Å²) >= 11 is 0. The number of nitrogens with zero attached hydrogens (tertiary/aromatic N) is 3. The predicted molar refractivity (Wildman–Crippen MR) is 108 cm³/mol. The molecule has 0 aliphatic carbocycles. The lowest BCUT2D eigenvalue weighted by molar-refractivity contribution is -0.118. The Labute approximate surface area is 168 Å². The minimum atomic E-state index is -0.286. The van der Waals surface area contributed by atoms with Gasteiger partial charge < -0.3 is 14.5 Å². The van der Waals surface area contributed by atoms with E-state index < -0.39 is 0 Å². The van der Waals surface area contributed by atoms with Gasteiger partial charge in [0.15, 0.2) is 0 Å². The van der Waals surface area contributed by atoms with Crippen molar-refractivity contribution in [3.63, 3.8) is 0 Å². The molecular weight excluding hydrogens is 375 g/mol. The highest BCUT2D eigenvalue weighted by atomic mass is 19.1. The fraction of sp³-hybridized carbons (Fsp3) is 0.476. The zero-order valence-electron chi connectivity index (χ0n) is 16.5. The summed E-state index contributed by atoms with van der Waals surface area (Å²) in [6.45, 7) is 5.02. The monoisotopic (exact) mass is 400 g/mol. The number of aryl methyl sites for hydroxylation is 2. The van der Waals surface area contributed by atoms with Crippen molar-refractivity contribution < 1.29 is 13.9 Å². The number of H-pyrrole nitrogens is 1. The van der Waals surface area contributed by atoms with Gasteiger partial charge in [0.05, 0.1) is 13.2 Å². The molecule has 7 nitrogen and oxygen atoms in total. The number of halogens is 1. The van der Waals surface area contributed by atoms with E-state index in [2.05, 4.69) is 9.97 Å². The van der Waals surface area contributed by atoms with E-state index in [0.717, 1.165) is 24.1 Å². The summed E-state index contributed by atoms with van der Waals surface area (Å²) in [5.41, 5.74) is 2.60. The Bertz CT molecular complexity index is 969. The molecule has 1 saturated heterocycles. The van der Waals surface area contributed by atoms with Crippen LogP contribution in [0.2, 0.25) is 0 Å². The number of morpholine rings is 1. The topological polar surface area (TPSA) is 78.5 Å². The second kappa shape index (κ2) is 8.32. The number of fused-ring (bicyclic) bond motifs is 1. The number of ether oxygens (including phenoxy) is 1. The van der Waals surface area contributed by atoms with Gasteiger partial charge >= 0.3 is 0 Å². The summed E-state index contributed by atoms with van der Waals surface area (Å²) in [5, 5.41) is 0. The van der Waals surface area contributed by atoms with Gasteiger partial charge in [-0.1, -0.05) is 0 Å². The molecule has 1 fully saturated rings. The van der Waals surface area contributed by atoms with E-state index in [1.165, 1.54) is 12.1 Å². The Morgan fingerprint density at radius 1 is 1.28 bits per heavy atom. The number of amides is 1. The molecule has 1 N–H and O–H groups in total. The number of hydrogen-bond donors (Lipinski definition) is 1. The molecule has 3 heterocycles. The number of aromatic nitrogens is 2. The molecule has 0 unspecified atom stereocenters. The molecule has 1 aromatic carbocycles. The third-order valence-corrected chi connectivity index (χ3v) is 5.57. The highest BCUT2D eigenvalue weighted by Gasteiger charge is 2.23. The molecule has 2 aromatic rings. The van der Waals surface area contributed by atoms with Crippen molar-refractivity contribution in [1.29, 1.82) is 0 Å². The van der Waals surface area contributed by atoms with E-state index in [4.69, 9.17) is 4.74 Å². The first-order valence-electron chi connectivity index (χ1n) is 10.0. The Kier molecular flexibility index (Phi) is 5.62. The van der Waals surface area contributed by atoms with Gasteiger partial charge in [0.2, 0.25) is 11.9 Å². The normalized spacial score (nSPS) is 16.6. The quantitative estimate of drug-likeness (QED) is 0.849. The van der Waals surface area contributed by atoms with Gasteiger partial charge in [-0.25, -0.2) is 9.37 Å². The lowest BCUT2D eigenvalue weighted by atomic mass is 10.0. The number of aromatic amines is 1. The van der Waals surface area contributed by atoms with Crippen LogP contribution in [0.25, 0.3) is 0 Å². The number of nitrogens with one attached hydrogen (secondary N) is 1. The Balaban J connectivity index is 1.47. The second-order valence-corrected chi connectivity index (χ2v) is 7.47. The van der Waals surface area contributed by atoms with Gasteiger partial charge in [0.1, 0.15) is 5.82 Å². The van der Waals surface area contributed by atoms with Crippen LogP contribution in [0, 0.1) is 12.7 Å². The third-order valence-electron chi connectivity index (χ3n) is 5.57. The first-order chi connectivity index (χ1) is 14.0. The number of benzene rings is 1. The van der Waals surface area contributed by atoms with Crippen molar-refractivity contribution in [2.75, 3.05) is 42.6 Å². The maximum absolute atomic E-state index is 13.5. The fourth-order valence-corrected chi connectivity index (χ4v) is 4.01.